The number of carbonyl (C=O) groups is 1. The van der Waals surface area contributed by atoms with Crippen molar-refractivity contribution in [1.82, 2.24) is 24.9 Å². The maximum atomic E-state index is 13.1. The molecule has 0 saturated carbocycles. The lowest BCUT2D eigenvalue weighted by atomic mass is 9.96. The smallest absolute Gasteiger partial charge is 0.276 e. The molecule has 7 heteroatoms. The molecule has 1 aliphatic rings. The average molecular weight is 382 g/mol. The summed E-state index contributed by atoms with van der Waals surface area (Å²) in [4.78, 5) is 19.2. The van der Waals surface area contributed by atoms with Gasteiger partial charge in [-0.1, -0.05) is 35.0 Å². The van der Waals surface area contributed by atoms with Crippen molar-refractivity contribution in [3.63, 3.8) is 0 Å². The number of benzene rings is 1. The number of hydrogen-bond donors (Lipinski definition) is 0. The molecule has 2 aromatic heterocycles. The van der Waals surface area contributed by atoms with Gasteiger partial charge < -0.3 is 4.90 Å². The van der Waals surface area contributed by atoms with Crippen LogP contribution in [-0.2, 0) is 6.54 Å². The highest BCUT2D eigenvalue weighted by Gasteiger charge is 2.30. The van der Waals surface area contributed by atoms with Crippen LogP contribution in [0.4, 0.5) is 0 Å². The molecule has 4 rings (SSSR count). The summed E-state index contributed by atoms with van der Waals surface area (Å²) in [6.45, 7) is 1.27. The highest BCUT2D eigenvalue weighted by molar-refractivity contribution is 6.30. The molecule has 1 amide bonds. The molecular formula is C20H20ClN5O. The third-order valence-corrected chi connectivity index (χ3v) is 5.10. The standard InChI is InChI=1S/C20H20ClN5O/c21-17-8-6-15(7-9-17)13-25-14-18(23-24-25)20(27)26-11-2-1-5-19(26)16-4-3-10-22-12-16/h3-4,6-10,12,14,19H,1-2,5,11,13H2. The van der Waals surface area contributed by atoms with Gasteiger partial charge >= 0.3 is 0 Å². The molecule has 3 aromatic rings. The fourth-order valence-corrected chi connectivity index (χ4v) is 3.62. The molecule has 0 aliphatic carbocycles. The molecule has 6 nitrogen and oxygen atoms in total. The van der Waals surface area contributed by atoms with Crippen molar-refractivity contribution >= 4 is 17.5 Å². The van der Waals surface area contributed by atoms with E-state index < -0.39 is 0 Å². The molecular weight excluding hydrogens is 362 g/mol. The number of rotatable bonds is 4. The van der Waals surface area contributed by atoms with E-state index in [1.807, 2.05) is 47.5 Å². The van der Waals surface area contributed by atoms with E-state index in [9.17, 15) is 4.79 Å². The van der Waals surface area contributed by atoms with Gasteiger partial charge in [-0.15, -0.1) is 5.10 Å². The third-order valence-electron chi connectivity index (χ3n) is 4.85. The molecule has 0 radical (unpaired) electrons. The molecule has 27 heavy (non-hydrogen) atoms. The van der Waals surface area contributed by atoms with Gasteiger partial charge in [0.25, 0.3) is 5.91 Å². The Hall–Kier alpha value is -2.73. The van der Waals surface area contributed by atoms with Crippen molar-refractivity contribution in [2.75, 3.05) is 6.54 Å². The lowest BCUT2D eigenvalue weighted by molar-refractivity contribution is 0.0605. The van der Waals surface area contributed by atoms with Crippen LogP contribution in [0.1, 0.15) is 46.9 Å². The van der Waals surface area contributed by atoms with Crippen LogP contribution in [0, 0.1) is 0 Å². The number of likely N-dealkylation sites (tertiary alicyclic amines) is 1. The number of aromatic nitrogens is 4. The Kier molecular flexibility index (Phi) is 5.16. The van der Waals surface area contributed by atoms with Crippen LogP contribution in [0.3, 0.4) is 0 Å². The van der Waals surface area contributed by atoms with Gasteiger partial charge in [-0.2, -0.15) is 0 Å². The van der Waals surface area contributed by atoms with E-state index in [2.05, 4.69) is 15.3 Å². The molecule has 3 heterocycles. The number of halogens is 1. The van der Waals surface area contributed by atoms with Crippen LogP contribution >= 0.6 is 11.6 Å². The predicted octanol–water partition coefficient (Wildman–Crippen LogP) is 3.74. The topological polar surface area (TPSA) is 63.9 Å². The Bertz CT molecular complexity index is 910. The van der Waals surface area contributed by atoms with E-state index in [-0.39, 0.29) is 11.9 Å². The number of piperidine rings is 1. The van der Waals surface area contributed by atoms with E-state index in [4.69, 9.17) is 11.6 Å². The maximum absolute atomic E-state index is 13.1. The first kappa shape index (κ1) is 17.7. The zero-order valence-corrected chi connectivity index (χ0v) is 15.6. The minimum atomic E-state index is -0.0779. The van der Waals surface area contributed by atoms with Gasteiger partial charge in [0, 0.05) is 24.0 Å². The third kappa shape index (κ3) is 4.01. The van der Waals surface area contributed by atoms with Gasteiger partial charge in [0.05, 0.1) is 18.8 Å². The van der Waals surface area contributed by atoms with E-state index in [1.165, 1.54) is 0 Å². The Morgan fingerprint density at radius 1 is 1.19 bits per heavy atom. The highest BCUT2D eigenvalue weighted by Crippen LogP contribution is 2.31. The van der Waals surface area contributed by atoms with Gasteiger partial charge in [0.2, 0.25) is 0 Å². The highest BCUT2D eigenvalue weighted by atomic mass is 35.5. The maximum Gasteiger partial charge on any atom is 0.276 e. The molecule has 1 aliphatic heterocycles. The van der Waals surface area contributed by atoms with Crippen molar-refractivity contribution in [3.8, 4) is 0 Å². The predicted molar refractivity (Wildman–Crippen MR) is 102 cm³/mol. The summed E-state index contributed by atoms with van der Waals surface area (Å²) in [5.74, 6) is -0.0779. The second kappa shape index (κ2) is 7.88. The van der Waals surface area contributed by atoms with Gasteiger partial charge in [0.15, 0.2) is 5.69 Å². The lowest BCUT2D eigenvalue weighted by Gasteiger charge is -2.35. The van der Waals surface area contributed by atoms with Gasteiger partial charge in [-0.3, -0.25) is 9.78 Å². The van der Waals surface area contributed by atoms with E-state index in [0.29, 0.717) is 17.3 Å². The first-order valence-electron chi connectivity index (χ1n) is 9.06. The zero-order valence-electron chi connectivity index (χ0n) is 14.8. The fourth-order valence-electron chi connectivity index (χ4n) is 3.49. The second-order valence-electron chi connectivity index (χ2n) is 6.72. The largest absolute Gasteiger partial charge is 0.330 e. The second-order valence-corrected chi connectivity index (χ2v) is 7.16. The summed E-state index contributed by atoms with van der Waals surface area (Å²) in [6.07, 6.45) is 8.35. The van der Waals surface area contributed by atoms with Gasteiger partial charge in [-0.05, 0) is 48.6 Å². The van der Waals surface area contributed by atoms with Gasteiger partial charge in [-0.25, -0.2) is 4.68 Å². The van der Waals surface area contributed by atoms with E-state index in [0.717, 1.165) is 36.9 Å². The van der Waals surface area contributed by atoms with Gasteiger partial charge in [0.1, 0.15) is 0 Å². The first-order valence-corrected chi connectivity index (χ1v) is 9.44. The number of hydrogen-bond acceptors (Lipinski definition) is 4. The molecule has 1 unspecified atom stereocenters. The molecule has 1 aromatic carbocycles. The minimum Gasteiger partial charge on any atom is -0.330 e. The van der Waals surface area contributed by atoms with Crippen LogP contribution in [0.25, 0.3) is 0 Å². The van der Waals surface area contributed by atoms with Crippen molar-refractivity contribution in [1.29, 1.82) is 0 Å². The fraction of sp³-hybridized carbons (Fsp3) is 0.300. The number of carbonyl (C=O) groups excluding carboxylic acids is 1. The van der Waals surface area contributed by atoms with Crippen molar-refractivity contribution < 1.29 is 4.79 Å². The molecule has 0 bridgehead atoms. The molecule has 138 valence electrons. The van der Waals surface area contributed by atoms with Crippen LogP contribution in [0.2, 0.25) is 5.02 Å². The molecule has 1 fully saturated rings. The summed E-state index contributed by atoms with van der Waals surface area (Å²) >= 11 is 5.92. The quantitative estimate of drug-likeness (QED) is 0.690. The summed E-state index contributed by atoms with van der Waals surface area (Å²) in [6, 6.07) is 11.5. The van der Waals surface area contributed by atoms with Crippen LogP contribution < -0.4 is 0 Å². The zero-order chi connectivity index (χ0) is 18.6. The number of pyridine rings is 1. The number of nitrogens with zero attached hydrogens (tertiary/aromatic N) is 5. The van der Waals surface area contributed by atoms with Crippen LogP contribution in [0.15, 0.2) is 55.0 Å². The minimum absolute atomic E-state index is 0.0429. The summed E-state index contributed by atoms with van der Waals surface area (Å²) in [7, 11) is 0. The Labute approximate surface area is 162 Å². The molecule has 1 saturated heterocycles. The summed E-state index contributed by atoms with van der Waals surface area (Å²) in [5, 5.41) is 8.93. The van der Waals surface area contributed by atoms with Crippen molar-refractivity contribution in [2.24, 2.45) is 0 Å². The van der Waals surface area contributed by atoms with Crippen LogP contribution in [-0.4, -0.2) is 37.3 Å². The first-order chi connectivity index (χ1) is 13.2. The molecule has 0 N–H and O–H groups in total. The Morgan fingerprint density at radius 2 is 2.04 bits per heavy atom. The SMILES string of the molecule is O=C(c1cn(Cc2ccc(Cl)cc2)nn1)N1CCCCC1c1cccnc1. The molecule has 0 spiro atoms. The Balaban J connectivity index is 1.51. The normalized spacial score (nSPS) is 17.1. The molecule has 1 atom stereocenters. The van der Waals surface area contributed by atoms with E-state index in [1.54, 1.807) is 17.1 Å². The van der Waals surface area contributed by atoms with Crippen molar-refractivity contribution in [3.05, 3.63) is 76.8 Å². The van der Waals surface area contributed by atoms with E-state index >= 15 is 0 Å². The lowest BCUT2D eigenvalue weighted by Crippen LogP contribution is -2.38. The summed E-state index contributed by atoms with van der Waals surface area (Å²) in [5.41, 5.74) is 2.49. The Morgan fingerprint density at radius 3 is 2.81 bits per heavy atom. The van der Waals surface area contributed by atoms with Crippen LogP contribution in [0.5, 0.6) is 0 Å². The van der Waals surface area contributed by atoms with Crippen molar-refractivity contribution in [2.45, 2.75) is 31.8 Å². The monoisotopic (exact) mass is 381 g/mol. The average Bonchev–Trinajstić information content (AvgIpc) is 3.18. The summed E-state index contributed by atoms with van der Waals surface area (Å²) < 4.78 is 1.68. The number of amides is 1.